The Labute approximate surface area is 164 Å². The third-order valence-corrected chi connectivity index (χ3v) is 7.04. The van der Waals surface area contributed by atoms with Gasteiger partial charge in [0, 0.05) is 37.8 Å². The molecule has 28 heavy (non-hydrogen) atoms. The zero-order valence-electron chi connectivity index (χ0n) is 15.7. The van der Waals surface area contributed by atoms with Crippen LogP contribution in [0.15, 0.2) is 18.2 Å². The number of anilines is 2. The SMILES string of the molecule is O=C(Nc1ccc(C(=O)N2CCS(=O)(=O)CC2)c(N2CCOCC2)c1)C1CC1. The van der Waals surface area contributed by atoms with Crippen molar-refractivity contribution in [1.29, 1.82) is 0 Å². The van der Waals surface area contributed by atoms with Crippen LogP contribution < -0.4 is 10.2 Å². The van der Waals surface area contributed by atoms with Gasteiger partial charge in [-0.15, -0.1) is 0 Å². The van der Waals surface area contributed by atoms with Crippen molar-refractivity contribution < 1.29 is 22.7 Å². The van der Waals surface area contributed by atoms with Crippen molar-refractivity contribution in [1.82, 2.24) is 4.90 Å². The molecule has 152 valence electrons. The highest BCUT2D eigenvalue weighted by atomic mass is 32.2. The van der Waals surface area contributed by atoms with Crippen molar-refractivity contribution in [2.24, 2.45) is 5.92 Å². The summed E-state index contributed by atoms with van der Waals surface area (Å²) in [5, 5.41) is 2.94. The number of nitrogens with zero attached hydrogens (tertiary/aromatic N) is 2. The van der Waals surface area contributed by atoms with Crippen LogP contribution in [0.5, 0.6) is 0 Å². The van der Waals surface area contributed by atoms with Crippen molar-refractivity contribution in [2.75, 3.05) is 61.1 Å². The molecule has 8 nitrogen and oxygen atoms in total. The van der Waals surface area contributed by atoms with Crippen molar-refractivity contribution in [3.8, 4) is 0 Å². The number of morpholine rings is 1. The van der Waals surface area contributed by atoms with Crippen LogP contribution in [0.2, 0.25) is 0 Å². The van der Waals surface area contributed by atoms with Crippen LogP contribution in [0.25, 0.3) is 0 Å². The smallest absolute Gasteiger partial charge is 0.256 e. The number of sulfone groups is 1. The van der Waals surface area contributed by atoms with E-state index < -0.39 is 9.84 Å². The van der Waals surface area contributed by atoms with Gasteiger partial charge in [0.05, 0.1) is 36.0 Å². The summed E-state index contributed by atoms with van der Waals surface area (Å²) in [6.45, 7) is 2.90. The molecule has 1 N–H and O–H groups in total. The number of nitrogens with one attached hydrogen (secondary N) is 1. The highest BCUT2D eigenvalue weighted by molar-refractivity contribution is 7.91. The molecule has 0 atom stereocenters. The van der Waals surface area contributed by atoms with Gasteiger partial charge in [-0.2, -0.15) is 0 Å². The van der Waals surface area contributed by atoms with Gasteiger partial charge in [0.2, 0.25) is 5.91 Å². The van der Waals surface area contributed by atoms with E-state index in [1.54, 1.807) is 17.0 Å². The van der Waals surface area contributed by atoms with Gasteiger partial charge >= 0.3 is 0 Å². The maximum absolute atomic E-state index is 13.1. The Bertz CT molecular complexity index is 862. The maximum Gasteiger partial charge on any atom is 0.256 e. The molecule has 2 amide bonds. The monoisotopic (exact) mass is 407 g/mol. The van der Waals surface area contributed by atoms with Crippen molar-refractivity contribution in [2.45, 2.75) is 12.8 Å². The van der Waals surface area contributed by atoms with Crippen LogP contribution in [0.3, 0.4) is 0 Å². The predicted molar refractivity (Wildman–Crippen MR) is 105 cm³/mol. The standard InChI is InChI=1S/C19H25N3O5S/c23-18(14-1-2-14)20-15-3-4-16(17(13-15)21-5-9-27-10-6-21)19(24)22-7-11-28(25,26)12-8-22/h3-4,13-14H,1-2,5-12H2,(H,20,23). The molecule has 1 aromatic carbocycles. The molecule has 0 aromatic heterocycles. The molecule has 1 aromatic rings. The van der Waals surface area contributed by atoms with E-state index in [1.165, 1.54) is 0 Å². The number of amides is 2. The first kappa shape index (κ1) is 19.2. The molecule has 3 aliphatic rings. The molecule has 2 aliphatic heterocycles. The highest BCUT2D eigenvalue weighted by Gasteiger charge is 2.31. The largest absolute Gasteiger partial charge is 0.378 e. The number of carbonyl (C=O) groups is 2. The van der Waals surface area contributed by atoms with Crippen LogP contribution in [0.1, 0.15) is 23.2 Å². The summed E-state index contributed by atoms with van der Waals surface area (Å²) < 4.78 is 28.8. The topological polar surface area (TPSA) is 96.0 Å². The predicted octanol–water partition coefficient (Wildman–Crippen LogP) is 0.742. The molecule has 2 heterocycles. The van der Waals surface area contributed by atoms with Crippen LogP contribution >= 0.6 is 0 Å². The Balaban J connectivity index is 1.59. The summed E-state index contributed by atoms with van der Waals surface area (Å²) in [6, 6.07) is 5.33. The van der Waals surface area contributed by atoms with Gasteiger partial charge in [-0.25, -0.2) is 8.42 Å². The summed E-state index contributed by atoms with van der Waals surface area (Å²) in [5.41, 5.74) is 1.97. The van der Waals surface area contributed by atoms with E-state index in [1.807, 2.05) is 6.07 Å². The lowest BCUT2D eigenvalue weighted by molar-refractivity contribution is -0.117. The van der Waals surface area contributed by atoms with E-state index in [0.29, 0.717) is 37.6 Å². The lowest BCUT2D eigenvalue weighted by atomic mass is 10.1. The minimum Gasteiger partial charge on any atom is -0.378 e. The number of benzene rings is 1. The quantitative estimate of drug-likeness (QED) is 0.791. The van der Waals surface area contributed by atoms with E-state index in [0.717, 1.165) is 18.5 Å². The van der Waals surface area contributed by atoms with Crippen LogP contribution in [0, 0.1) is 5.92 Å². The summed E-state index contributed by atoms with van der Waals surface area (Å²) in [4.78, 5) is 28.9. The van der Waals surface area contributed by atoms with E-state index in [-0.39, 0.29) is 42.3 Å². The second-order valence-electron chi connectivity index (χ2n) is 7.54. The molecular formula is C19H25N3O5S. The third-order valence-electron chi connectivity index (χ3n) is 5.43. The normalized spacial score (nSPS) is 22.0. The Morgan fingerprint density at radius 2 is 1.71 bits per heavy atom. The molecule has 3 fully saturated rings. The van der Waals surface area contributed by atoms with Gasteiger partial charge in [0.15, 0.2) is 9.84 Å². The third kappa shape index (κ3) is 4.30. The maximum atomic E-state index is 13.1. The van der Waals surface area contributed by atoms with Crippen molar-refractivity contribution in [3.05, 3.63) is 23.8 Å². The second kappa shape index (κ2) is 7.71. The Kier molecular flexibility index (Phi) is 5.29. The van der Waals surface area contributed by atoms with Gasteiger partial charge in [-0.05, 0) is 31.0 Å². The van der Waals surface area contributed by atoms with Crippen LogP contribution in [0.4, 0.5) is 11.4 Å². The minimum atomic E-state index is -3.05. The molecule has 1 saturated carbocycles. The molecular weight excluding hydrogens is 382 g/mol. The Hall–Kier alpha value is -2.13. The molecule has 9 heteroatoms. The van der Waals surface area contributed by atoms with Gasteiger partial charge in [0.1, 0.15) is 0 Å². The molecule has 0 spiro atoms. The first-order valence-electron chi connectivity index (χ1n) is 9.70. The van der Waals surface area contributed by atoms with Crippen molar-refractivity contribution >= 4 is 33.0 Å². The van der Waals surface area contributed by atoms with E-state index in [9.17, 15) is 18.0 Å². The van der Waals surface area contributed by atoms with Gasteiger partial charge < -0.3 is 19.9 Å². The Morgan fingerprint density at radius 3 is 2.36 bits per heavy atom. The van der Waals surface area contributed by atoms with E-state index in [2.05, 4.69) is 10.2 Å². The van der Waals surface area contributed by atoms with Crippen LogP contribution in [-0.4, -0.2) is 76.0 Å². The first-order valence-corrected chi connectivity index (χ1v) is 11.5. The summed E-state index contributed by atoms with van der Waals surface area (Å²) in [5.74, 6) is -0.0457. The molecule has 0 bridgehead atoms. The number of carbonyl (C=O) groups excluding carboxylic acids is 2. The minimum absolute atomic E-state index is 0.00115. The highest BCUT2D eigenvalue weighted by Crippen LogP contribution is 2.32. The Morgan fingerprint density at radius 1 is 1.04 bits per heavy atom. The fourth-order valence-corrected chi connectivity index (χ4v) is 4.73. The van der Waals surface area contributed by atoms with E-state index in [4.69, 9.17) is 4.74 Å². The zero-order valence-corrected chi connectivity index (χ0v) is 16.5. The van der Waals surface area contributed by atoms with Gasteiger partial charge in [0.25, 0.3) is 5.91 Å². The molecule has 4 rings (SSSR count). The summed E-state index contributed by atoms with van der Waals surface area (Å²) >= 11 is 0. The summed E-state index contributed by atoms with van der Waals surface area (Å²) in [7, 11) is -3.05. The number of hydrogen-bond donors (Lipinski definition) is 1. The fraction of sp³-hybridized carbons (Fsp3) is 0.579. The lowest BCUT2D eigenvalue weighted by Gasteiger charge is -2.33. The number of ether oxygens (including phenoxy) is 1. The van der Waals surface area contributed by atoms with E-state index >= 15 is 0 Å². The molecule has 0 unspecified atom stereocenters. The second-order valence-corrected chi connectivity index (χ2v) is 9.84. The van der Waals surface area contributed by atoms with Crippen molar-refractivity contribution in [3.63, 3.8) is 0 Å². The van der Waals surface area contributed by atoms with Gasteiger partial charge in [-0.1, -0.05) is 0 Å². The molecule has 1 aliphatic carbocycles. The van der Waals surface area contributed by atoms with Crippen LogP contribution in [-0.2, 0) is 19.4 Å². The fourth-order valence-electron chi connectivity index (χ4n) is 3.53. The number of hydrogen-bond acceptors (Lipinski definition) is 6. The average molecular weight is 407 g/mol. The van der Waals surface area contributed by atoms with Gasteiger partial charge in [-0.3, -0.25) is 9.59 Å². The lowest BCUT2D eigenvalue weighted by Crippen LogP contribution is -2.44. The molecule has 0 radical (unpaired) electrons. The first-order chi connectivity index (χ1) is 13.4. The average Bonchev–Trinajstić information content (AvgIpc) is 3.53. The summed E-state index contributed by atoms with van der Waals surface area (Å²) in [6.07, 6.45) is 1.85. The molecule has 2 saturated heterocycles. The zero-order chi connectivity index (χ0) is 19.7. The number of rotatable bonds is 4.